The van der Waals surface area contributed by atoms with Gasteiger partial charge in [0.2, 0.25) is 5.95 Å². The maximum absolute atomic E-state index is 4.19. The Kier molecular flexibility index (Phi) is 1.56. The Morgan fingerprint density at radius 3 is 3.00 bits per heavy atom. The quantitative estimate of drug-likeness (QED) is 0.696. The van der Waals surface area contributed by atoms with E-state index in [0.717, 1.165) is 5.95 Å². The molecule has 0 unspecified atom stereocenters. The van der Waals surface area contributed by atoms with Gasteiger partial charge in [-0.2, -0.15) is 0 Å². The summed E-state index contributed by atoms with van der Waals surface area (Å²) < 4.78 is 2.23. The predicted molar refractivity (Wildman–Crippen MR) is 44.7 cm³/mol. The minimum Gasteiger partial charge on any atom is -0.359 e. The summed E-state index contributed by atoms with van der Waals surface area (Å²) in [5.41, 5.74) is 0. The van der Waals surface area contributed by atoms with Crippen LogP contribution >= 0.6 is 0 Å². The highest BCUT2D eigenvalue weighted by Gasteiger charge is 2.20. The monoisotopic (exact) mass is 151 g/mol. The van der Waals surface area contributed by atoms with Crippen LogP contribution < -0.4 is 5.32 Å². The van der Waals surface area contributed by atoms with E-state index in [4.69, 9.17) is 0 Å². The summed E-state index contributed by atoms with van der Waals surface area (Å²) >= 11 is 0. The van der Waals surface area contributed by atoms with Crippen LogP contribution in [0, 0.1) is 0 Å². The molecule has 60 valence electrons. The van der Waals surface area contributed by atoms with Gasteiger partial charge >= 0.3 is 0 Å². The first kappa shape index (κ1) is 6.70. The van der Waals surface area contributed by atoms with E-state index in [1.165, 1.54) is 19.3 Å². The molecule has 0 saturated heterocycles. The van der Waals surface area contributed by atoms with Crippen molar-refractivity contribution in [3.63, 3.8) is 0 Å². The van der Waals surface area contributed by atoms with Crippen molar-refractivity contribution >= 4 is 5.95 Å². The van der Waals surface area contributed by atoms with E-state index in [9.17, 15) is 0 Å². The number of hydrogen-bond donors (Lipinski definition) is 1. The number of anilines is 1. The first-order valence-corrected chi connectivity index (χ1v) is 4.12. The zero-order valence-electron chi connectivity index (χ0n) is 6.75. The second-order valence-electron chi connectivity index (χ2n) is 2.99. The lowest BCUT2D eigenvalue weighted by Crippen LogP contribution is -2.17. The van der Waals surface area contributed by atoms with Crippen molar-refractivity contribution in [2.75, 3.05) is 12.4 Å². The van der Waals surface area contributed by atoms with Crippen LogP contribution in [0.3, 0.4) is 0 Å². The van der Waals surface area contributed by atoms with E-state index in [1.54, 1.807) is 0 Å². The van der Waals surface area contributed by atoms with E-state index in [0.29, 0.717) is 6.04 Å². The molecular weight excluding hydrogens is 138 g/mol. The van der Waals surface area contributed by atoms with Gasteiger partial charge in [-0.3, -0.25) is 0 Å². The number of nitrogens with zero attached hydrogens (tertiary/aromatic N) is 2. The van der Waals surface area contributed by atoms with E-state index in [2.05, 4.69) is 21.1 Å². The second kappa shape index (κ2) is 2.57. The van der Waals surface area contributed by atoms with Crippen LogP contribution in [0.4, 0.5) is 5.95 Å². The summed E-state index contributed by atoms with van der Waals surface area (Å²) in [6.07, 6.45) is 7.89. The molecule has 0 amide bonds. The van der Waals surface area contributed by atoms with Gasteiger partial charge in [-0.15, -0.1) is 0 Å². The molecule has 1 aromatic rings. The zero-order chi connectivity index (χ0) is 7.68. The molecule has 1 saturated carbocycles. The lowest BCUT2D eigenvalue weighted by molar-refractivity contribution is 0.316. The topological polar surface area (TPSA) is 29.9 Å². The minimum absolute atomic E-state index is 0.708. The normalized spacial score (nSPS) is 17.9. The van der Waals surface area contributed by atoms with Gasteiger partial charge in [-0.1, -0.05) is 0 Å². The lowest BCUT2D eigenvalue weighted by atomic mass is 9.93. The molecule has 1 heterocycles. The highest BCUT2D eigenvalue weighted by Crippen LogP contribution is 2.33. The molecule has 1 aliphatic carbocycles. The molecule has 0 radical (unpaired) electrons. The molecule has 3 nitrogen and oxygen atoms in total. The third-order valence-electron chi connectivity index (χ3n) is 2.36. The lowest BCUT2D eigenvalue weighted by Gasteiger charge is -2.27. The van der Waals surface area contributed by atoms with E-state index in [-0.39, 0.29) is 0 Å². The summed E-state index contributed by atoms with van der Waals surface area (Å²) in [5, 5.41) is 3.08. The highest BCUT2D eigenvalue weighted by atomic mass is 15.2. The van der Waals surface area contributed by atoms with E-state index < -0.39 is 0 Å². The van der Waals surface area contributed by atoms with Crippen LogP contribution in [-0.4, -0.2) is 16.6 Å². The molecular formula is C8H13N3. The maximum atomic E-state index is 4.19. The van der Waals surface area contributed by atoms with E-state index >= 15 is 0 Å². The third kappa shape index (κ3) is 1.00. The van der Waals surface area contributed by atoms with Crippen LogP contribution in [0.15, 0.2) is 12.4 Å². The van der Waals surface area contributed by atoms with Crippen LogP contribution in [0.1, 0.15) is 25.3 Å². The zero-order valence-corrected chi connectivity index (χ0v) is 6.75. The second-order valence-corrected chi connectivity index (χ2v) is 2.99. The minimum atomic E-state index is 0.708. The Balaban J connectivity index is 2.20. The molecule has 2 rings (SSSR count). The average molecular weight is 151 g/mol. The van der Waals surface area contributed by atoms with Gasteiger partial charge in [0.15, 0.2) is 0 Å². The number of imidazole rings is 1. The number of hydrogen-bond acceptors (Lipinski definition) is 2. The molecule has 0 aromatic carbocycles. The number of rotatable bonds is 2. The Hall–Kier alpha value is -0.990. The van der Waals surface area contributed by atoms with Gasteiger partial charge in [0.1, 0.15) is 0 Å². The van der Waals surface area contributed by atoms with Crippen molar-refractivity contribution < 1.29 is 0 Å². The Morgan fingerprint density at radius 2 is 2.45 bits per heavy atom. The average Bonchev–Trinajstić information content (AvgIpc) is 2.32. The van der Waals surface area contributed by atoms with Gasteiger partial charge in [0.25, 0.3) is 0 Å². The van der Waals surface area contributed by atoms with Crippen LogP contribution in [0.5, 0.6) is 0 Å². The fourth-order valence-corrected chi connectivity index (χ4v) is 1.47. The van der Waals surface area contributed by atoms with Crippen molar-refractivity contribution in [1.29, 1.82) is 0 Å². The molecule has 0 bridgehead atoms. The molecule has 0 atom stereocenters. The highest BCUT2D eigenvalue weighted by molar-refractivity contribution is 5.25. The largest absolute Gasteiger partial charge is 0.359 e. The number of aromatic nitrogens is 2. The van der Waals surface area contributed by atoms with Gasteiger partial charge in [-0.05, 0) is 19.3 Å². The number of nitrogens with one attached hydrogen (secondary N) is 1. The summed E-state index contributed by atoms with van der Waals surface area (Å²) in [6, 6.07) is 0.708. The maximum Gasteiger partial charge on any atom is 0.202 e. The first-order valence-electron chi connectivity index (χ1n) is 4.12. The molecule has 3 heteroatoms. The summed E-state index contributed by atoms with van der Waals surface area (Å²) in [6.45, 7) is 0. The Labute approximate surface area is 66.4 Å². The molecule has 11 heavy (non-hydrogen) atoms. The van der Waals surface area contributed by atoms with Crippen LogP contribution in [-0.2, 0) is 0 Å². The smallest absolute Gasteiger partial charge is 0.202 e. The standard InChI is InChI=1S/C8H13N3/c1-9-8-10-5-6-11(8)7-3-2-4-7/h5-7H,2-4H2,1H3,(H,9,10). The van der Waals surface area contributed by atoms with Crippen molar-refractivity contribution in [3.8, 4) is 0 Å². The molecule has 0 spiro atoms. The SMILES string of the molecule is CNc1nccn1C1CCC1. The van der Waals surface area contributed by atoms with Crippen LogP contribution in [0.25, 0.3) is 0 Å². The Bertz CT molecular complexity index is 237. The van der Waals surface area contributed by atoms with Crippen LogP contribution in [0.2, 0.25) is 0 Å². The fourth-order valence-electron chi connectivity index (χ4n) is 1.47. The molecule has 1 N–H and O–H groups in total. The third-order valence-corrected chi connectivity index (χ3v) is 2.36. The molecule has 0 aliphatic heterocycles. The van der Waals surface area contributed by atoms with Crippen molar-refractivity contribution in [3.05, 3.63) is 12.4 Å². The summed E-state index contributed by atoms with van der Waals surface area (Å²) in [4.78, 5) is 4.19. The predicted octanol–water partition coefficient (Wildman–Crippen LogP) is 1.65. The van der Waals surface area contributed by atoms with Crippen molar-refractivity contribution in [2.45, 2.75) is 25.3 Å². The molecule has 1 fully saturated rings. The van der Waals surface area contributed by atoms with Gasteiger partial charge < -0.3 is 9.88 Å². The summed E-state index contributed by atoms with van der Waals surface area (Å²) in [7, 11) is 1.91. The van der Waals surface area contributed by atoms with E-state index in [1.807, 2.05) is 13.2 Å². The van der Waals surface area contributed by atoms with Gasteiger partial charge in [0, 0.05) is 25.5 Å². The molecule has 1 aromatic heterocycles. The van der Waals surface area contributed by atoms with Crippen molar-refractivity contribution in [2.24, 2.45) is 0 Å². The Morgan fingerprint density at radius 1 is 1.64 bits per heavy atom. The first-order chi connectivity index (χ1) is 5.42. The van der Waals surface area contributed by atoms with Gasteiger partial charge in [0.05, 0.1) is 0 Å². The van der Waals surface area contributed by atoms with Crippen molar-refractivity contribution in [1.82, 2.24) is 9.55 Å². The molecule has 1 aliphatic rings. The summed E-state index contributed by atoms with van der Waals surface area (Å²) in [5.74, 6) is 0.995. The fraction of sp³-hybridized carbons (Fsp3) is 0.625. The van der Waals surface area contributed by atoms with Gasteiger partial charge in [-0.25, -0.2) is 4.98 Å².